The number of benzene rings is 2. The molecule has 2 amide bonds. The van der Waals surface area contributed by atoms with E-state index >= 15 is 0 Å². The minimum absolute atomic E-state index is 0.0874. The molecule has 3 rings (SSSR count). The fourth-order valence-corrected chi connectivity index (χ4v) is 3.42. The van der Waals surface area contributed by atoms with Crippen molar-refractivity contribution < 1.29 is 19.1 Å². The van der Waals surface area contributed by atoms with Crippen LogP contribution in [0.1, 0.15) is 33.6 Å². The lowest BCUT2D eigenvalue weighted by Crippen LogP contribution is -2.41. The van der Waals surface area contributed by atoms with Gasteiger partial charge < -0.3 is 15.0 Å². The molecule has 0 radical (unpaired) electrons. The van der Waals surface area contributed by atoms with Crippen molar-refractivity contribution in [2.75, 3.05) is 25.5 Å². The lowest BCUT2D eigenvalue weighted by molar-refractivity contribution is -0.121. The maximum absolute atomic E-state index is 12.6. The number of hydrogen-bond donors (Lipinski definition) is 1. The summed E-state index contributed by atoms with van der Waals surface area (Å²) < 4.78 is 4.65. The van der Waals surface area contributed by atoms with Crippen molar-refractivity contribution in [1.82, 2.24) is 4.90 Å². The molecule has 7 heteroatoms. The van der Waals surface area contributed by atoms with Crippen LogP contribution in [0.15, 0.2) is 48.5 Å². The van der Waals surface area contributed by atoms with Crippen LogP contribution in [0.5, 0.6) is 0 Å². The number of anilines is 1. The van der Waals surface area contributed by atoms with Crippen LogP contribution in [-0.2, 0) is 9.53 Å². The van der Waals surface area contributed by atoms with Crippen molar-refractivity contribution >= 4 is 35.1 Å². The fraction of sp³-hybridized carbons (Fsp3) is 0.286. The number of likely N-dealkylation sites (tertiary alicyclic amines) is 1. The number of nitrogens with zero attached hydrogens (tertiary/aromatic N) is 1. The number of ether oxygens (including phenoxy) is 1. The molecule has 0 bridgehead atoms. The van der Waals surface area contributed by atoms with E-state index in [9.17, 15) is 14.4 Å². The van der Waals surface area contributed by atoms with E-state index in [0.717, 1.165) is 0 Å². The summed E-state index contributed by atoms with van der Waals surface area (Å²) in [7, 11) is 1.32. The van der Waals surface area contributed by atoms with Gasteiger partial charge >= 0.3 is 5.97 Å². The van der Waals surface area contributed by atoms with Crippen LogP contribution in [0.3, 0.4) is 0 Å². The summed E-state index contributed by atoms with van der Waals surface area (Å²) in [5, 5.41) is 3.30. The number of esters is 1. The highest BCUT2D eigenvalue weighted by Gasteiger charge is 2.28. The number of halogens is 1. The third kappa shape index (κ3) is 4.51. The second-order valence-corrected chi connectivity index (χ2v) is 7.01. The lowest BCUT2D eigenvalue weighted by atomic mass is 9.95. The number of nitrogens with one attached hydrogen (secondary N) is 1. The van der Waals surface area contributed by atoms with E-state index in [-0.39, 0.29) is 17.7 Å². The average molecular weight is 401 g/mol. The number of methoxy groups -OCH3 is 1. The molecule has 0 spiro atoms. The number of carbonyl (C=O) groups excluding carboxylic acids is 3. The molecule has 0 atom stereocenters. The monoisotopic (exact) mass is 400 g/mol. The van der Waals surface area contributed by atoms with Gasteiger partial charge in [-0.2, -0.15) is 0 Å². The number of rotatable bonds is 4. The minimum atomic E-state index is -0.423. The zero-order valence-corrected chi connectivity index (χ0v) is 16.2. The van der Waals surface area contributed by atoms with Gasteiger partial charge in [0.05, 0.1) is 23.3 Å². The number of amides is 2. The summed E-state index contributed by atoms with van der Waals surface area (Å²) in [4.78, 5) is 38.3. The van der Waals surface area contributed by atoms with Crippen molar-refractivity contribution in [2.45, 2.75) is 12.8 Å². The van der Waals surface area contributed by atoms with Crippen molar-refractivity contribution in [3.63, 3.8) is 0 Å². The molecular weight excluding hydrogens is 380 g/mol. The van der Waals surface area contributed by atoms with Gasteiger partial charge in [-0.05, 0) is 49.2 Å². The highest BCUT2D eigenvalue weighted by atomic mass is 35.5. The molecule has 1 saturated heterocycles. The van der Waals surface area contributed by atoms with Gasteiger partial charge in [-0.3, -0.25) is 9.59 Å². The highest BCUT2D eigenvalue weighted by Crippen LogP contribution is 2.23. The zero-order chi connectivity index (χ0) is 20.1. The van der Waals surface area contributed by atoms with Crippen LogP contribution in [0, 0.1) is 5.92 Å². The Bertz CT molecular complexity index is 874. The Morgan fingerprint density at radius 2 is 1.68 bits per heavy atom. The van der Waals surface area contributed by atoms with Crippen LogP contribution in [0.4, 0.5) is 5.69 Å². The van der Waals surface area contributed by atoms with E-state index in [4.69, 9.17) is 11.6 Å². The quantitative estimate of drug-likeness (QED) is 0.795. The van der Waals surface area contributed by atoms with Gasteiger partial charge in [0.2, 0.25) is 5.91 Å². The standard InChI is InChI=1S/C21H21ClN2O4/c1-28-21(27)15-6-8-16(9-7-15)23-19(25)14-10-12-24(13-11-14)20(26)17-4-2-3-5-18(17)22/h2-9,14H,10-13H2,1H3,(H,23,25). The molecular formula is C21H21ClN2O4. The first-order chi connectivity index (χ1) is 13.5. The van der Waals surface area contributed by atoms with Crippen LogP contribution >= 0.6 is 11.6 Å². The van der Waals surface area contributed by atoms with Gasteiger partial charge in [-0.15, -0.1) is 0 Å². The van der Waals surface area contributed by atoms with Crippen molar-refractivity contribution in [3.8, 4) is 0 Å². The predicted octanol–water partition coefficient (Wildman–Crippen LogP) is 3.62. The molecule has 28 heavy (non-hydrogen) atoms. The van der Waals surface area contributed by atoms with Crippen LogP contribution < -0.4 is 5.32 Å². The molecule has 0 aliphatic carbocycles. The normalized spacial score (nSPS) is 14.4. The Morgan fingerprint density at radius 1 is 1.04 bits per heavy atom. The van der Waals surface area contributed by atoms with E-state index in [0.29, 0.717) is 47.8 Å². The van der Waals surface area contributed by atoms with Gasteiger partial charge in [-0.1, -0.05) is 23.7 Å². The van der Waals surface area contributed by atoms with Crippen molar-refractivity contribution in [3.05, 3.63) is 64.7 Å². The largest absolute Gasteiger partial charge is 0.465 e. The smallest absolute Gasteiger partial charge is 0.337 e. The molecule has 1 aliphatic rings. The molecule has 0 unspecified atom stereocenters. The Morgan fingerprint density at radius 3 is 2.29 bits per heavy atom. The van der Waals surface area contributed by atoms with Crippen molar-refractivity contribution in [1.29, 1.82) is 0 Å². The number of piperidine rings is 1. The topological polar surface area (TPSA) is 75.7 Å². The molecule has 2 aromatic rings. The average Bonchev–Trinajstić information content (AvgIpc) is 2.73. The SMILES string of the molecule is COC(=O)c1ccc(NC(=O)C2CCN(C(=O)c3ccccc3Cl)CC2)cc1. The van der Waals surface area contributed by atoms with Gasteiger partial charge in [0.25, 0.3) is 5.91 Å². The summed E-state index contributed by atoms with van der Waals surface area (Å²) in [5.41, 5.74) is 1.52. The molecule has 0 saturated carbocycles. The molecule has 1 aliphatic heterocycles. The first kappa shape index (κ1) is 19.9. The van der Waals surface area contributed by atoms with E-state index in [2.05, 4.69) is 10.1 Å². The zero-order valence-electron chi connectivity index (χ0n) is 15.5. The van der Waals surface area contributed by atoms with E-state index in [1.165, 1.54) is 7.11 Å². The summed E-state index contributed by atoms with van der Waals surface area (Å²) in [6, 6.07) is 13.5. The number of carbonyl (C=O) groups is 3. The third-order valence-electron chi connectivity index (χ3n) is 4.83. The first-order valence-electron chi connectivity index (χ1n) is 9.02. The minimum Gasteiger partial charge on any atom is -0.465 e. The summed E-state index contributed by atoms with van der Waals surface area (Å²) in [6.45, 7) is 1.01. The van der Waals surface area contributed by atoms with E-state index in [1.807, 2.05) is 0 Å². The summed E-state index contributed by atoms with van der Waals surface area (Å²) in [5.74, 6) is -0.789. The molecule has 1 N–H and O–H groups in total. The van der Waals surface area contributed by atoms with E-state index in [1.54, 1.807) is 53.4 Å². The Kier molecular flexibility index (Phi) is 6.31. The Hall–Kier alpha value is -2.86. The van der Waals surface area contributed by atoms with Crippen molar-refractivity contribution in [2.24, 2.45) is 5.92 Å². The second kappa shape index (κ2) is 8.89. The first-order valence-corrected chi connectivity index (χ1v) is 9.40. The van der Waals surface area contributed by atoms with Gasteiger partial charge in [-0.25, -0.2) is 4.79 Å². The van der Waals surface area contributed by atoms with Crippen LogP contribution in [-0.4, -0.2) is 42.9 Å². The van der Waals surface area contributed by atoms with Crippen LogP contribution in [0.2, 0.25) is 5.02 Å². The molecule has 1 heterocycles. The lowest BCUT2D eigenvalue weighted by Gasteiger charge is -2.31. The summed E-state index contributed by atoms with van der Waals surface area (Å²) in [6.07, 6.45) is 1.17. The highest BCUT2D eigenvalue weighted by molar-refractivity contribution is 6.33. The molecule has 146 valence electrons. The van der Waals surface area contributed by atoms with Gasteiger partial charge in [0.1, 0.15) is 0 Å². The fourth-order valence-electron chi connectivity index (χ4n) is 3.20. The number of hydrogen-bond acceptors (Lipinski definition) is 4. The summed E-state index contributed by atoms with van der Waals surface area (Å²) >= 11 is 6.11. The predicted molar refractivity (Wildman–Crippen MR) is 106 cm³/mol. The molecule has 2 aromatic carbocycles. The molecule has 0 aromatic heterocycles. The van der Waals surface area contributed by atoms with Crippen LogP contribution in [0.25, 0.3) is 0 Å². The molecule has 1 fully saturated rings. The van der Waals surface area contributed by atoms with E-state index < -0.39 is 5.97 Å². The Balaban J connectivity index is 1.54. The van der Waals surface area contributed by atoms with Gasteiger partial charge in [0.15, 0.2) is 0 Å². The maximum atomic E-state index is 12.6. The molecule has 6 nitrogen and oxygen atoms in total. The maximum Gasteiger partial charge on any atom is 0.337 e. The Labute approximate surface area is 168 Å². The van der Waals surface area contributed by atoms with Gasteiger partial charge in [0, 0.05) is 24.7 Å². The second-order valence-electron chi connectivity index (χ2n) is 6.60. The third-order valence-corrected chi connectivity index (χ3v) is 5.16.